The molecule has 4 rings (SSSR count). The summed E-state index contributed by atoms with van der Waals surface area (Å²) in [7, 11) is 0. The average Bonchev–Trinajstić information content (AvgIpc) is 3.19. The molecular weight excluding hydrogens is 443 g/mol. The van der Waals surface area contributed by atoms with Crippen LogP contribution in [-0.4, -0.2) is 41.4 Å². The highest BCUT2D eigenvalue weighted by molar-refractivity contribution is 6.36. The predicted molar refractivity (Wildman–Crippen MR) is 103 cm³/mol. The smallest absolute Gasteiger partial charge is 0.263 e. The topological polar surface area (TPSA) is 94.4 Å². The van der Waals surface area contributed by atoms with Crippen LogP contribution in [0.3, 0.4) is 0 Å². The summed E-state index contributed by atoms with van der Waals surface area (Å²) in [5, 5.41) is 11.6. The first kappa shape index (κ1) is 20.2. The maximum Gasteiger partial charge on any atom is 0.263 e. The Balaban J connectivity index is 1.51. The number of fused-ring (bicyclic) bond motifs is 1. The summed E-state index contributed by atoms with van der Waals surface area (Å²) >= 11 is 11.8. The van der Waals surface area contributed by atoms with E-state index in [0.29, 0.717) is 21.7 Å². The molecule has 8 nitrogen and oxygen atoms in total. The number of hydrogen-bond acceptors (Lipinski definition) is 6. The Morgan fingerprint density at radius 3 is 2.57 bits per heavy atom. The van der Waals surface area contributed by atoms with Crippen molar-refractivity contribution in [1.82, 2.24) is 5.01 Å². The number of hydrogen-bond donors (Lipinski definition) is 1. The highest BCUT2D eigenvalue weighted by Gasteiger charge is 2.55. The van der Waals surface area contributed by atoms with Crippen LogP contribution >= 0.6 is 23.2 Å². The maximum atomic E-state index is 14.1. The van der Waals surface area contributed by atoms with Gasteiger partial charge in [0.1, 0.15) is 18.2 Å². The number of carbonyl (C=O) groups is 3. The van der Waals surface area contributed by atoms with Crippen LogP contribution in [0, 0.1) is 11.6 Å². The van der Waals surface area contributed by atoms with E-state index in [1.165, 1.54) is 18.2 Å². The number of anilines is 2. The van der Waals surface area contributed by atoms with E-state index in [0.717, 1.165) is 17.1 Å². The number of carbonyl (C=O) groups excluding carboxylic acids is 3. The number of halogens is 4. The molecule has 2 aromatic carbocycles. The van der Waals surface area contributed by atoms with E-state index in [4.69, 9.17) is 23.2 Å². The van der Waals surface area contributed by atoms with E-state index >= 15 is 0 Å². The molecule has 3 amide bonds. The van der Waals surface area contributed by atoms with Gasteiger partial charge in [0.05, 0.1) is 16.4 Å². The highest BCUT2D eigenvalue weighted by Crippen LogP contribution is 2.33. The van der Waals surface area contributed by atoms with Crippen molar-refractivity contribution >= 4 is 52.3 Å². The fraction of sp³-hybridized carbons (Fsp3) is 0.167. The van der Waals surface area contributed by atoms with Gasteiger partial charge in [-0.15, -0.1) is 0 Å². The predicted octanol–water partition coefficient (Wildman–Crippen LogP) is 3.20. The molecule has 0 aliphatic carbocycles. The number of amides is 3. The third-order valence-electron chi connectivity index (χ3n) is 4.52. The van der Waals surface area contributed by atoms with Gasteiger partial charge in [-0.1, -0.05) is 28.4 Å². The van der Waals surface area contributed by atoms with Gasteiger partial charge < -0.3 is 5.32 Å². The Hall–Kier alpha value is -3.11. The molecule has 1 saturated heterocycles. The Labute approximate surface area is 178 Å². The van der Waals surface area contributed by atoms with Crippen molar-refractivity contribution in [2.45, 2.75) is 12.1 Å². The van der Waals surface area contributed by atoms with Crippen LogP contribution in [0.5, 0.6) is 0 Å². The molecule has 30 heavy (non-hydrogen) atoms. The average molecular weight is 454 g/mol. The van der Waals surface area contributed by atoms with Crippen molar-refractivity contribution in [3.05, 3.63) is 58.1 Å². The van der Waals surface area contributed by atoms with Crippen molar-refractivity contribution in [1.29, 1.82) is 0 Å². The Morgan fingerprint density at radius 1 is 1.10 bits per heavy atom. The van der Waals surface area contributed by atoms with Crippen molar-refractivity contribution in [3.63, 3.8) is 0 Å². The summed E-state index contributed by atoms with van der Waals surface area (Å²) in [6.45, 7) is -0.414. The fourth-order valence-electron chi connectivity index (χ4n) is 3.18. The molecule has 0 aromatic heterocycles. The van der Waals surface area contributed by atoms with E-state index in [2.05, 4.69) is 15.7 Å². The molecule has 12 heteroatoms. The van der Waals surface area contributed by atoms with Crippen molar-refractivity contribution < 1.29 is 23.2 Å². The van der Waals surface area contributed by atoms with Crippen LogP contribution < -0.4 is 10.2 Å². The minimum Gasteiger partial charge on any atom is -0.323 e. The molecule has 2 aromatic rings. The van der Waals surface area contributed by atoms with Crippen LogP contribution in [0.4, 0.5) is 20.2 Å². The Morgan fingerprint density at radius 2 is 1.87 bits per heavy atom. The van der Waals surface area contributed by atoms with Crippen molar-refractivity contribution in [3.8, 4) is 0 Å². The summed E-state index contributed by atoms with van der Waals surface area (Å²) in [5.41, 5.74) is -0.101. The summed E-state index contributed by atoms with van der Waals surface area (Å²) in [6, 6.07) is 4.50. The van der Waals surface area contributed by atoms with E-state index in [9.17, 15) is 23.2 Å². The van der Waals surface area contributed by atoms with Crippen molar-refractivity contribution in [2.24, 2.45) is 10.3 Å². The number of nitrogens with one attached hydrogen (secondary N) is 1. The van der Waals surface area contributed by atoms with Gasteiger partial charge in [-0.25, -0.2) is 13.7 Å². The molecule has 0 unspecified atom stereocenters. The zero-order valence-electron chi connectivity index (χ0n) is 14.9. The number of imide groups is 1. The summed E-state index contributed by atoms with van der Waals surface area (Å²) in [5.74, 6) is -4.14. The van der Waals surface area contributed by atoms with E-state index in [1.54, 1.807) is 0 Å². The third kappa shape index (κ3) is 3.48. The molecule has 0 saturated carbocycles. The quantitative estimate of drug-likeness (QED) is 0.719. The Kier molecular flexibility index (Phi) is 5.12. The first-order valence-electron chi connectivity index (χ1n) is 8.51. The molecule has 0 radical (unpaired) electrons. The fourth-order valence-corrected chi connectivity index (χ4v) is 3.64. The molecule has 2 aliphatic heterocycles. The summed E-state index contributed by atoms with van der Waals surface area (Å²) < 4.78 is 27.3. The van der Waals surface area contributed by atoms with Gasteiger partial charge >= 0.3 is 0 Å². The van der Waals surface area contributed by atoms with Gasteiger partial charge in [0.25, 0.3) is 11.8 Å². The first-order valence-corrected chi connectivity index (χ1v) is 9.27. The van der Waals surface area contributed by atoms with Crippen molar-refractivity contribution in [2.75, 3.05) is 16.8 Å². The number of rotatable bonds is 4. The second kappa shape index (κ2) is 7.62. The second-order valence-electron chi connectivity index (χ2n) is 6.47. The lowest BCUT2D eigenvalue weighted by molar-refractivity contribution is -0.123. The van der Waals surface area contributed by atoms with Gasteiger partial charge in [0.15, 0.2) is 12.1 Å². The van der Waals surface area contributed by atoms with Gasteiger partial charge in [-0.05, 0) is 30.3 Å². The lowest BCUT2D eigenvalue weighted by Crippen LogP contribution is -2.43. The van der Waals surface area contributed by atoms with Gasteiger partial charge in [-0.2, -0.15) is 5.11 Å². The Bertz CT molecular complexity index is 1110. The van der Waals surface area contributed by atoms with Crippen LogP contribution in [0.2, 0.25) is 10.0 Å². The van der Waals surface area contributed by atoms with Crippen LogP contribution in [-0.2, 0) is 14.4 Å². The van der Waals surface area contributed by atoms with Gasteiger partial charge in [0, 0.05) is 11.1 Å². The number of benzene rings is 2. The normalized spacial score (nSPS) is 20.1. The third-order valence-corrected chi connectivity index (χ3v) is 5.07. The first-order chi connectivity index (χ1) is 14.3. The maximum absolute atomic E-state index is 14.1. The van der Waals surface area contributed by atoms with E-state index in [1.807, 2.05) is 0 Å². The zero-order chi connectivity index (χ0) is 21.6. The molecule has 154 valence electrons. The lowest BCUT2D eigenvalue weighted by Gasteiger charge is -2.20. The van der Waals surface area contributed by atoms with E-state index in [-0.39, 0.29) is 5.02 Å². The summed E-state index contributed by atoms with van der Waals surface area (Å²) in [6.07, 6.45) is 0. The molecule has 2 heterocycles. The SMILES string of the molecule is O=C(CN1N=N[C@H]2C(=O)N(c3ccc(F)cc3F)C(=O)[C@@H]21)Nc1ccc(Cl)cc1Cl. The molecular formula is C18H11Cl2F2N5O3. The van der Waals surface area contributed by atoms with Crippen LogP contribution in [0.1, 0.15) is 0 Å². The lowest BCUT2D eigenvalue weighted by atomic mass is 10.1. The largest absolute Gasteiger partial charge is 0.323 e. The van der Waals surface area contributed by atoms with E-state index < -0.39 is 53.7 Å². The highest BCUT2D eigenvalue weighted by atomic mass is 35.5. The minimum atomic E-state index is -1.23. The second-order valence-corrected chi connectivity index (χ2v) is 7.32. The monoisotopic (exact) mass is 453 g/mol. The molecule has 2 aliphatic rings. The van der Waals surface area contributed by atoms with Gasteiger partial charge in [-0.3, -0.25) is 19.4 Å². The van der Waals surface area contributed by atoms with Gasteiger partial charge in [0.2, 0.25) is 5.91 Å². The van der Waals surface area contributed by atoms with Crippen LogP contribution in [0.25, 0.3) is 0 Å². The van der Waals surface area contributed by atoms with Crippen LogP contribution in [0.15, 0.2) is 46.7 Å². The summed E-state index contributed by atoms with van der Waals surface area (Å²) in [4.78, 5) is 38.3. The molecule has 1 fully saturated rings. The molecule has 2 atom stereocenters. The number of nitrogens with zero attached hydrogens (tertiary/aromatic N) is 4. The molecule has 0 spiro atoms. The zero-order valence-corrected chi connectivity index (χ0v) is 16.4. The minimum absolute atomic E-state index is 0.210. The standard InChI is InChI=1S/C18H11Cl2F2N5O3/c19-8-1-3-12(10(20)5-8)23-14(28)7-26-16-15(24-25-26)17(29)27(18(16)30)13-4-2-9(21)6-11(13)22/h1-6,15-16H,7H2,(H,23,28)/t15-,16-/m1/s1. The molecule has 0 bridgehead atoms. The molecule has 1 N–H and O–H groups in total.